The Morgan fingerprint density at radius 1 is 1.25 bits per heavy atom. The smallest absolute Gasteiger partial charge is 0.160 e. The van der Waals surface area contributed by atoms with Gasteiger partial charge in [-0.1, -0.05) is 21.1 Å². The van der Waals surface area contributed by atoms with Crippen molar-refractivity contribution < 1.29 is 8.78 Å². The van der Waals surface area contributed by atoms with E-state index >= 15 is 0 Å². The summed E-state index contributed by atoms with van der Waals surface area (Å²) >= 11 is 3.29. The van der Waals surface area contributed by atoms with Crippen molar-refractivity contribution in [1.82, 2.24) is 15.0 Å². The Hall–Kier alpha value is -1.30. The highest BCUT2D eigenvalue weighted by atomic mass is 79.9. The van der Waals surface area contributed by atoms with Gasteiger partial charge in [-0.2, -0.15) is 0 Å². The van der Waals surface area contributed by atoms with Crippen LogP contribution in [0.5, 0.6) is 0 Å². The number of hydrogen-bond donors (Lipinski definition) is 0. The predicted molar refractivity (Wildman–Crippen MR) is 58.8 cm³/mol. The van der Waals surface area contributed by atoms with Gasteiger partial charge in [0.25, 0.3) is 0 Å². The number of aromatic nitrogens is 3. The van der Waals surface area contributed by atoms with E-state index in [2.05, 4.69) is 26.2 Å². The van der Waals surface area contributed by atoms with Crippen molar-refractivity contribution in [3.8, 4) is 5.69 Å². The summed E-state index contributed by atoms with van der Waals surface area (Å²) in [4.78, 5) is 0. The Morgan fingerprint density at radius 3 is 2.75 bits per heavy atom. The van der Waals surface area contributed by atoms with Gasteiger partial charge >= 0.3 is 0 Å². The lowest BCUT2D eigenvalue weighted by atomic mass is 10.3. The number of alkyl halides is 1. The number of benzene rings is 1. The van der Waals surface area contributed by atoms with Crippen molar-refractivity contribution in [1.29, 1.82) is 0 Å². The fourth-order valence-corrected chi connectivity index (χ4v) is 1.67. The Labute approximate surface area is 99.2 Å². The van der Waals surface area contributed by atoms with E-state index in [0.29, 0.717) is 5.69 Å². The summed E-state index contributed by atoms with van der Waals surface area (Å²) in [5.74, 6) is -1.76. The van der Waals surface area contributed by atoms with Crippen LogP contribution in [0.3, 0.4) is 0 Å². The first-order valence-corrected chi connectivity index (χ1v) is 5.75. The van der Waals surface area contributed by atoms with Gasteiger partial charge in [-0.15, -0.1) is 5.10 Å². The van der Waals surface area contributed by atoms with E-state index in [9.17, 15) is 8.78 Å². The van der Waals surface area contributed by atoms with Crippen LogP contribution in [0.25, 0.3) is 5.69 Å². The second kappa shape index (κ2) is 4.69. The van der Waals surface area contributed by atoms with Crippen molar-refractivity contribution in [2.75, 3.05) is 5.33 Å². The second-order valence-electron chi connectivity index (χ2n) is 3.19. The SMILES string of the molecule is Fc1ccc(-n2cc(CCBr)nn2)cc1F. The summed E-state index contributed by atoms with van der Waals surface area (Å²) in [5.41, 5.74) is 1.24. The molecule has 0 N–H and O–H groups in total. The van der Waals surface area contributed by atoms with Crippen LogP contribution in [0, 0.1) is 11.6 Å². The van der Waals surface area contributed by atoms with Gasteiger partial charge in [-0.3, -0.25) is 0 Å². The van der Waals surface area contributed by atoms with Gasteiger partial charge in [0.05, 0.1) is 17.6 Å². The van der Waals surface area contributed by atoms with E-state index in [1.54, 1.807) is 6.20 Å². The molecule has 3 nitrogen and oxygen atoms in total. The molecule has 0 bridgehead atoms. The molecule has 0 unspecified atom stereocenters. The fourth-order valence-electron chi connectivity index (χ4n) is 1.26. The molecule has 2 aromatic rings. The first kappa shape index (κ1) is 11.2. The van der Waals surface area contributed by atoms with E-state index in [-0.39, 0.29) is 0 Å². The van der Waals surface area contributed by atoms with Gasteiger partial charge in [-0.25, -0.2) is 13.5 Å². The summed E-state index contributed by atoms with van der Waals surface area (Å²) in [6, 6.07) is 3.60. The molecule has 0 aliphatic carbocycles. The molecule has 0 atom stereocenters. The quantitative estimate of drug-likeness (QED) is 0.812. The van der Waals surface area contributed by atoms with E-state index in [0.717, 1.165) is 29.6 Å². The highest BCUT2D eigenvalue weighted by Gasteiger charge is 2.06. The van der Waals surface area contributed by atoms with E-state index in [4.69, 9.17) is 0 Å². The lowest BCUT2D eigenvalue weighted by molar-refractivity contribution is 0.507. The molecule has 0 aliphatic rings. The lowest BCUT2D eigenvalue weighted by Gasteiger charge is -1.99. The molecule has 6 heteroatoms. The molecule has 2 rings (SSSR count). The minimum absolute atomic E-state index is 0.451. The normalized spacial score (nSPS) is 10.7. The zero-order chi connectivity index (χ0) is 11.5. The van der Waals surface area contributed by atoms with Crippen LogP contribution in [0.2, 0.25) is 0 Å². The maximum absolute atomic E-state index is 13.0. The van der Waals surface area contributed by atoms with Crippen LogP contribution in [-0.2, 0) is 6.42 Å². The molecular weight excluding hydrogens is 280 g/mol. The number of hydrogen-bond acceptors (Lipinski definition) is 2. The molecule has 0 saturated carbocycles. The standard InChI is InChI=1S/C10H8BrF2N3/c11-4-3-7-6-16(15-14-7)8-1-2-9(12)10(13)5-8/h1-2,5-6H,3-4H2. The molecule has 0 amide bonds. The third kappa shape index (κ3) is 2.27. The number of nitrogens with zero attached hydrogens (tertiary/aromatic N) is 3. The summed E-state index contributed by atoms with van der Waals surface area (Å²) in [6.45, 7) is 0. The Morgan fingerprint density at radius 2 is 2.06 bits per heavy atom. The number of rotatable bonds is 3. The van der Waals surface area contributed by atoms with Crippen molar-refractivity contribution in [3.05, 3.63) is 41.7 Å². The largest absolute Gasteiger partial charge is 0.220 e. The average molecular weight is 288 g/mol. The summed E-state index contributed by atoms with van der Waals surface area (Å²) in [6.07, 6.45) is 2.43. The molecule has 0 saturated heterocycles. The second-order valence-corrected chi connectivity index (χ2v) is 3.98. The zero-order valence-corrected chi connectivity index (χ0v) is 9.79. The molecular formula is C10H8BrF2N3. The van der Waals surface area contributed by atoms with Crippen LogP contribution in [0.15, 0.2) is 24.4 Å². The van der Waals surface area contributed by atoms with Crippen molar-refractivity contribution >= 4 is 15.9 Å². The third-order valence-corrected chi connectivity index (χ3v) is 2.46. The molecule has 0 radical (unpaired) electrons. The van der Waals surface area contributed by atoms with Gasteiger partial charge in [-0.05, 0) is 12.1 Å². The van der Waals surface area contributed by atoms with Gasteiger partial charge < -0.3 is 0 Å². The number of halogens is 3. The van der Waals surface area contributed by atoms with Crippen LogP contribution in [-0.4, -0.2) is 20.3 Å². The van der Waals surface area contributed by atoms with E-state index in [1.165, 1.54) is 10.7 Å². The summed E-state index contributed by atoms with van der Waals surface area (Å²) in [5, 5.41) is 8.51. The molecule has 1 aromatic heterocycles. The predicted octanol–water partition coefficient (Wildman–Crippen LogP) is 2.48. The highest BCUT2D eigenvalue weighted by molar-refractivity contribution is 9.09. The first-order valence-electron chi connectivity index (χ1n) is 4.63. The summed E-state index contributed by atoms with van der Waals surface area (Å²) in [7, 11) is 0. The van der Waals surface area contributed by atoms with Gasteiger partial charge in [0.15, 0.2) is 11.6 Å². The minimum Gasteiger partial charge on any atom is -0.220 e. The van der Waals surface area contributed by atoms with E-state index < -0.39 is 11.6 Å². The van der Waals surface area contributed by atoms with Crippen LogP contribution in [0.4, 0.5) is 8.78 Å². The zero-order valence-electron chi connectivity index (χ0n) is 8.20. The van der Waals surface area contributed by atoms with Crippen LogP contribution < -0.4 is 0 Å². The molecule has 1 aromatic carbocycles. The van der Waals surface area contributed by atoms with Crippen molar-refractivity contribution in [2.24, 2.45) is 0 Å². The van der Waals surface area contributed by atoms with Crippen LogP contribution >= 0.6 is 15.9 Å². The Bertz CT molecular complexity index is 499. The van der Waals surface area contributed by atoms with Gasteiger partial charge in [0.1, 0.15) is 0 Å². The minimum atomic E-state index is -0.893. The van der Waals surface area contributed by atoms with E-state index in [1.807, 2.05) is 0 Å². The first-order chi connectivity index (χ1) is 7.70. The number of aryl methyl sites for hydroxylation is 1. The Kier molecular flexibility index (Phi) is 3.28. The van der Waals surface area contributed by atoms with Crippen LogP contribution in [0.1, 0.15) is 5.69 Å². The highest BCUT2D eigenvalue weighted by Crippen LogP contribution is 2.12. The summed E-state index contributed by atoms with van der Waals surface area (Å²) < 4.78 is 27.1. The van der Waals surface area contributed by atoms with Gasteiger partial charge in [0, 0.05) is 17.8 Å². The monoisotopic (exact) mass is 287 g/mol. The maximum Gasteiger partial charge on any atom is 0.160 e. The van der Waals surface area contributed by atoms with Crippen molar-refractivity contribution in [3.63, 3.8) is 0 Å². The fraction of sp³-hybridized carbons (Fsp3) is 0.200. The molecule has 0 spiro atoms. The molecule has 0 fully saturated rings. The third-order valence-electron chi connectivity index (χ3n) is 2.06. The maximum atomic E-state index is 13.0. The molecule has 84 valence electrons. The Balaban J connectivity index is 2.31. The molecule has 16 heavy (non-hydrogen) atoms. The average Bonchev–Trinajstić information content (AvgIpc) is 2.71. The topological polar surface area (TPSA) is 30.7 Å². The molecule has 1 heterocycles. The van der Waals surface area contributed by atoms with Gasteiger partial charge in [0.2, 0.25) is 0 Å². The lowest BCUT2D eigenvalue weighted by Crippen LogP contribution is -1.96. The van der Waals surface area contributed by atoms with Crippen molar-refractivity contribution in [2.45, 2.75) is 6.42 Å². The molecule has 0 aliphatic heterocycles.